The number of hydrogen-bond acceptors (Lipinski definition) is 5. The highest BCUT2D eigenvalue weighted by Crippen LogP contribution is 2.35. The second kappa shape index (κ2) is 11.5. The molecule has 1 aliphatic heterocycles. The van der Waals surface area contributed by atoms with Crippen molar-refractivity contribution in [1.82, 2.24) is 9.80 Å². The van der Waals surface area contributed by atoms with Crippen molar-refractivity contribution in [2.45, 2.75) is 32.4 Å². The van der Waals surface area contributed by atoms with Crippen molar-refractivity contribution in [3.8, 4) is 11.5 Å². The molecule has 1 fully saturated rings. The molecule has 1 amide bonds. The maximum atomic E-state index is 14.1. The lowest BCUT2D eigenvalue weighted by Crippen LogP contribution is -2.43. The van der Waals surface area contributed by atoms with Crippen LogP contribution >= 0.6 is 0 Å². The first-order chi connectivity index (χ1) is 15.8. The third-order valence-corrected chi connectivity index (χ3v) is 6.25. The zero-order valence-electron chi connectivity index (χ0n) is 20.2. The summed E-state index contributed by atoms with van der Waals surface area (Å²) in [6.07, 6.45) is 0. The Kier molecular flexibility index (Phi) is 8.69. The van der Waals surface area contributed by atoms with Crippen LogP contribution in [0.4, 0.5) is 4.39 Å². The molecule has 0 aromatic heterocycles. The molecule has 7 heteroatoms. The van der Waals surface area contributed by atoms with Crippen LogP contribution in [0.25, 0.3) is 0 Å². The highest BCUT2D eigenvalue weighted by molar-refractivity contribution is 5.77. The van der Waals surface area contributed by atoms with E-state index in [2.05, 4.69) is 4.90 Å². The number of halogens is 1. The first-order valence-electron chi connectivity index (χ1n) is 11.3. The smallest absolute Gasteiger partial charge is 0.248 e. The summed E-state index contributed by atoms with van der Waals surface area (Å²) in [5.74, 6) is 1.52. The van der Waals surface area contributed by atoms with E-state index in [1.807, 2.05) is 43.0 Å². The van der Waals surface area contributed by atoms with Gasteiger partial charge in [0.05, 0.1) is 14.2 Å². The van der Waals surface area contributed by atoms with Crippen LogP contribution in [0.3, 0.4) is 0 Å². The number of benzene rings is 2. The van der Waals surface area contributed by atoms with Gasteiger partial charge in [-0.3, -0.25) is 9.69 Å². The quantitative estimate of drug-likeness (QED) is 0.540. The van der Waals surface area contributed by atoms with Gasteiger partial charge in [-0.25, -0.2) is 4.39 Å². The molecule has 1 saturated heterocycles. The van der Waals surface area contributed by atoms with E-state index in [9.17, 15) is 9.18 Å². The Balaban J connectivity index is 1.85. The molecule has 0 N–H and O–H groups in total. The van der Waals surface area contributed by atoms with Crippen LogP contribution < -0.4 is 9.47 Å². The van der Waals surface area contributed by atoms with Crippen LogP contribution in [0.5, 0.6) is 11.5 Å². The minimum atomic E-state index is -0.238. The molecule has 2 unspecified atom stereocenters. The summed E-state index contributed by atoms with van der Waals surface area (Å²) in [6, 6.07) is 12.8. The first kappa shape index (κ1) is 25.0. The minimum Gasteiger partial charge on any atom is -0.497 e. The normalized spacial score (nSPS) is 18.5. The van der Waals surface area contributed by atoms with Crippen LogP contribution in [-0.4, -0.2) is 69.3 Å². The monoisotopic (exact) mass is 458 g/mol. The number of amides is 1. The molecule has 1 aliphatic rings. The van der Waals surface area contributed by atoms with E-state index in [0.717, 1.165) is 35.7 Å². The van der Waals surface area contributed by atoms with Gasteiger partial charge < -0.3 is 19.1 Å². The van der Waals surface area contributed by atoms with E-state index < -0.39 is 0 Å². The molecule has 2 aromatic carbocycles. The van der Waals surface area contributed by atoms with E-state index in [1.54, 1.807) is 26.4 Å². The van der Waals surface area contributed by atoms with Crippen LogP contribution in [0.15, 0.2) is 42.5 Å². The number of nitrogens with zero attached hydrogens (tertiary/aromatic N) is 2. The van der Waals surface area contributed by atoms with Gasteiger partial charge in [0.1, 0.15) is 23.9 Å². The molecule has 0 radical (unpaired) electrons. The van der Waals surface area contributed by atoms with Crippen LogP contribution in [-0.2, 0) is 16.1 Å². The summed E-state index contributed by atoms with van der Waals surface area (Å²) in [5.41, 5.74) is 2.05. The van der Waals surface area contributed by atoms with E-state index >= 15 is 0 Å². The second-order valence-corrected chi connectivity index (χ2v) is 8.91. The van der Waals surface area contributed by atoms with E-state index in [1.165, 1.54) is 13.2 Å². The Morgan fingerprint density at radius 3 is 2.36 bits per heavy atom. The number of carbonyl (C=O) groups is 1. The van der Waals surface area contributed by atoms with Crippen molar-refractivity contribution in [3.63, 3.8) is 0 Å². The van der Waals surface area contributed by atoms with Gasteiger partial charge in [0, 0.05) is 51.3 Å². The van der Waals surface area contributed by atoms with Crippen molar-refractivity contribution in [2.24, 2.45) is 5.92 Å². The Morgan fingerprint density at radius 2 is 1.79 bits per heavy atom. The molecule has 0 saturated carbocycles. The largest absolute Gasteiger partial charge is 0.497 e. The van der Waals surface area contributed by atoms with Gasteiger partial charge in [0.15, 0.2) is 0 Å². The van der Waals surface area contributed by atoms with Crippen LogP contribution in [0.2, 0.25) is 0 Å². The fraction of sp³-hybridized carbons (Fsp3) is 0.500. The molecule has 180 valence electrons. The van der Waals surface area contributed by atoms with Gasteiger partial charge in [0.2, 0.25) is 5.91 Å². The minimum absolute atomic E-state index is 0.0264. The number of carbonyl (C=O) groups excluding carboxylic acids is 1. The maximum Gasteiger partial charge on any atom is 0.248 e. The fourth-order valence-electron chi connectivity index (χ4n) is 4.67. The van der Waals surface area contributed by atoms with Gasteiger partial charge >= 0.3 is 0 Å². The molecule has 2 aromatic rings. The Labute approximate surface area is 196 Å². The number of methoxy groups -OCH3 is 3. The Morgan fingerprint density at radius 1 is 1.09 bits per heavy atom. The number of hydrogen-bond donors (Lipinski definition) is 0. The second-order valence-electron chi connectivity index (χ2n) is 8.91. The third kappa shape index (κ3) is 6.45. The zero-order chi connectivity index (χ0) is 24.0. The molecule has 1 heterocycles. The lowest BCUT2D eigenvalue weighted by atomic mass is 9.88. The molecular formula is C26H35FN2O4. The van der Waals surface area contributed by atoms with E-state index in [4.69, 9.17) is 14.2 Å². The predicted octanol–water partition coefficient (Wildman–Crippen LogP) is 3.94. The van der Waals surface area contributed by atoms with Gasteiger partial charge in [-0.05, 0) is 55.2 Å². The summed E-state index contributed by atoms with van der Waals surface area (Å²) in [7, 11) is 4.82. The van der Waals surface area contributed by atoms with Crippen molar-refractivity contribution < 1.29 is 23.4 Å². The van der Waals surface area contributed by atoms with Gasteiger partial charge in [-0.15, -0.1) is 0 Å². The highest BCUT2D eigenvalue weighted by Gasteiger charge is 2.36. The summed E-state index contributed by atoms with van der Waals surface area (Å²) in [5, 5.41) is 0. The van der Waals surface area contributed by atoms with Crippen molar-refractivity contribution in [2.75, 3.05) is 47.6 Å². The standard InChI is InChI=1S/C26H35FN2O4/c1-18(2)29(26(30)17-31-3)15-21-14-28(16-25(21)20-7-6-8-22(27)11-20)13-19-9-23(32-4)12-24(10-19)33-5/h6-12,18,21,25H,13-17H2,1-5H3. The topological polar surface area (TPSA) is 51.2 Å². The van der Waals surface area contributed by atoms with Gasteiger partial charge in [0.25, 0.3) is 0 Å². The third-order valence-electron chi connectivity index (χ3n) is 6.25. The average molecular weight is 459 g/mol. The molecule has 3 rings (SSSR count). The number of rotatable bonds is 10. The Bertz CT molecular complexity index is 914. The van der Waals surface area contributed by atoms with Crippen LogP contribution in [0, 0.1) is 11.7 Å². The zero-order valence-corrected chi connectivity index (χ0v) is 20.2. The average Bonchev–Trinajstić information content (AvgIpc) is 3.19. The molecule has 2 atom stereocenters. The maximum absolute atomic E-state index is 14.1. The number of ether oxygens (including phenoxy) is 3. The molecule has 33 heavy (non-hydrogen) atoms. The number of likely N-dealkylation sites (tertiary alicyclic amines) is 1. The van der Waals surface area contributed by atoms with Gasteiger partial charge in [-0.1, -0.05) is 12.1 Å². The lowest BCUT2D eigenvalue weighted by Gasteiger charge is -2.31. The Hall–Kier alpha value is -2.64. The molecular weight excluding hydrogens is 423 g/mol. The molecule has 0 spiro atoms. The molecule has 6 nitrogen and oxygen atoms in total. The summed E-state index contributed by atoms with van der Waals surface area (Å²) < 4.78 is 30.0. The predicted molar refractivity (Wildman–Crippen MR) is 126 cm³/mol. The fourth-order valence-corrected chi connectivity index (χ4v) is 4.67. The van der Waals surface area contributed by atoms with E-state index in [-0.39, 0.29) is 36.2 Å². The molecule has 0 bridgehead atoms. The van der Waals surface area contributed by atoms with Crippen LogP contribution in [0.1, 0.15) is 30.9 Å². The van der Waals surface area contributed by atoms with E-state index in [0.29, 0.717) is 13.1 Å². The van der Waals surface area contributed by atoms with Crippen molar-refractivity contribution in [1.29, 1.82) is 0 Å². The lowest BCUT2D eigenvalue weighted by molar-refractivity contribution is -0.137. The molecule has 0 aliphatic carbocycles. The van der Waals surface area contributed by atoms with Crippen molar-refractivity contribution in [3.05, 3.63) is 59.4 Å². The highest BCUT2D eigenvalue weighted by atomic mass is 19.1. The van der Waals surface area contributed by atoms with Gasteiger partial charge in [-0.2, -0.15) is 0 Å². The summed E-state index contributed by atoms with van der Waals surface area (Å²) in [6.45, 7) is 6.97. The first-order valence-corrected chi connectivity index (χ1v) is 11.3. The summed E-state index contributed by atoms with van der Waals surface area (Å²) in [4.78, 5) is 16.9. The SMILES string of the molecule is COCC(=O)N(CC1CN(Cc2cc(OC)cc(OC)c2)CC1c1cccc(F)c1)C(C)C. The summed E-state index contributed by atoms with van der Waals surface area (Å²) >= 11 is 0. The van der Waals surface area contributed by atoms with Crippen molar-refractivity contribution >= 4 is 5.91 Å².